The van der Waals surface area contributed by atoms with E-state index in [2.05, 4.69) is 24.2 Å². The average molecular weight is 249 g/mol. The summed E-state index contributed by atoms with van der Waals surface area (Å²) in [4.78, 5) is 12.0. The highest BCUT2D eigenvalue weighted by Gasteiger charge is 2.15. The normalized spacial score (nSPS) is 11.0. The van der Waals surface area contributed by atoms with Gasteiger partial charge in [-0.05, 0) is 23.8 Å². The van der Waals surface area contributed by atoms with E-state index in [-0.39, 0.29) is 0 Å². The summed E-state index contributed by atoms with van der Waals surface area (Å²) in [5.74, 6) is 0.607. The highest BCUT2D eigenvalue weighted by atomic mass is 32.1. The monoisotopic (exact) mass is 249 g/mol. The summed E-state index contributed by atoms with van der Waals surface area (Å²) in [7, 11) is 0. The van der Waals surface area contributed by atoms with Crippen molar-refractivity contribution in [2.24, 2.45) is 5.92 Å². The quantitative estimate of drug-likeness (QED) is 0.765. The lowest BCUT2D eigenvalue weighted by molar-refractivity contribution is 0.111. The van der Waals surface area contributed by atoms with Crippen molar-refractivity contribution in [2.75, 3.05) is 0 Å². The Balaban J connectivity index is 2.33. The van der Waals surface area contributed by atoms with Crippen LogP contribution in [0, 0.1) is 5.92 Å². The van der Waals surface area contributed by atoms with E-state index in [4.69, 9.17) is 0 Å². The molecule has 4 nitrogen and oxygen atoms in total. The van der Waals surface area contributed by atoms with Gasteiger partial charge in [-0.25, -0.2) is 4.68 Å². The fourth-order valence-corrected chi connectivity index (χ4v) is 2.39. The summed E-state index contributed by atoms with van der Waals surface area (Å²) in [6.45, 7) is 5.14. The molecule has 0 N–H and O–H groups in total. The topological polar surface area (TPSA) is 47.8 Å². The van der Waals surface area contributed by atoms with Crippen LogP contribution in [-0.2, 0) is 6.54 Å². The predicted octanol–water partition coefficient (Wildman–Crippen LogP) is 2.87. The molecular formula is C12H15N3OS. The lowest BCUT2D eigenvalue weighted by atomic mass is 10.1. The Kier molecular flexibility index (Phi) is 3.68. The Hall–Kier alpha value is -1.49. The Morgan fingerprint density at radius 1 is 1.53 bits per heavy atom. The van der Waals surface area contributed by atoms with Gasteiger partial charge in [0, 0.05) is 6.54 Å². The third kappa shape index (κ3) is 2.61. The lowest BCUT2D eigenvalue weighted by Crippen LogP contribution is -2.05. The summed E-state index contributed by atoms with van der Waals surface area (Å²) < 4.78 is 1.83. The first-order chi connectivity index (χ1) is 8.22. The van der Waals surface area contributed by atoms with Crippen molar-refractivity contribution < 1.29 is 4.79 Å². The van der Waals surface area contributed by atoms with Crippen LogP contribution < -0.4 is 0 Å². The second-order valence-electron chi connectivity index (χ2n) is 4.32. The van der Waals surface area contributed by atoms with Crippen LogP contribution in [0.4, 0.5) is 0 Å². The minimum Gasteiger partial charge on any atom is -0.296 e. The molecule has 5 heteroatoms. The van der Waals surface area contributed by atoms with Crippen molar-refractivity contribution in [3.05, 3.63) is 23.2 Å². The first-order valence-corrected chi connectivity index (χ1v) is 6.53. The molecule has 0 radical (unpaired) electrons. The van der Waals surface area contributed by atoms with Crippen LogP contribution in [0.3, 0.4) is 0 Å². The number of hydrogen-bond acceptors (Lipinski definition) is 4. The van der Waals surface area contributed by atoms with E-state index in [1.54, 1.807) is 11.3 Å². The summed E-state index contributed by atoms with van der Waals surface area (Å²) >= 11 is 1.60. The summed E-state index contributed by atoms with van der Waals surface area (Å²) in [6.07, 6.45) is 1.80. The molecule has 0 aliphatic carbocycles. The van der Waals surface area contributed by atoms with Crippen LogP contribution in [0.2, 0.25) is 0 Å². The van der Waals surface area contributed by atoms with Crippen molar-refractivity contribution in [1.82, 2.24) is 15.0 Å². The SMILES string of the molecule is CC(C)CCn1nnc(C=O)c1-c1cccs1. The van der Waals surface area contributed by atoms with Crippen LogP contribution in [0.5, 0.6) is 0 Å². The number of aryl methyl sites for hydroxylation is 1. The van der Waals surface area contributed by atoms with E-state index in [0.717, 1.165) is 29.8 Å². The first kappa shape index (κ1) is 12.0. The third-order valence-corrected chi connectivity index (χ3v) is 3.42. The molecule has 0 saturated carbocycles. The van der Waals surface area contributed by atoms with Crippen molar-refractivity contribution >= 4 is 17.6 Å². The zero-order chi connectivity index (χ0) is 12.3. The molecule has 2 aromatic rings. The molecule has 0 aliphatic heterocycles. The van der Waals surface area contributed by atoms with Gasteiger partial charge < -0.3 is 0 Å². The van der Waals surface area contributed by atoms with Gasteiger partial charge in [0.2, 0.25) is 0 Å². The predicted molar refractivity (Wildman–Crippen MR) is 68.2 cm³/mol. The average Bonchev–Trinajstić information content (AvgIpc) is 2.94. The van der Waals surface area contributed by atoms with E-state index in [9.17, 15) is 4.79 Å². The number of aldehydes is 1. The van der Waals surface area contributed by atoms with Gasteiger partial charge in [0.25, 0.3) is 0 Å². The molecule has 90 valence electrons. The van der Waals surface area contributed by atoms with E-state index in [1.807, 2.05) is 22.2 Å². The van der Waals surface area contributed by atoms with Gasteiger partial charge in [-0.1, -0.05) is 25.1 Å². The molecule has 2 rings (SSSR count). The zero-order valence-corrected chi connectivity index (χ0v) is 10.8. The van der Waals surface area contributed by atoms with E-state index in [1.165, 1.54) is 0 Å². The minimum atomic E-state index is 0.427. The Morgan fingerprint density at radius 2 is 2.35 bits per heavy atom. The fourth-order valence-electron chi connectivity index (χ4n) is 1.61. The Labute approximate surface area is 104 Å². The molecule has 0 atom stereocenters. The summed E-state index contributed by atoms with van der Waals surface area (Å²) in [6, 6.07) is 3.95. The summed E-state index contributed by atoms with van der Waals surface area (Å²) in [5, 5.41) is 9.97. The summed E-state index contributed by atoms with van der Waals surface area (Å²) in [5.41, 5.74) is 1.27. The first-order valence-electron chi connectivity index (χ1n) is 5.65. The molecule has 0 saturated heterocycles. The van der Waals surface area contributed by atoms with Gasteiger partial charge in [-0.15, -0.1) is 16.4 Å². The van der Waals surface area contributed by atoms with Crippen LogP contribution in [0.1, 0.15) is 30.8 Å². The number of hydrogen-bond donors (Lipinski definition) is 0. The van der Waals surface area contributed by atoms with Gasteiger partial charge in [-0.2, -0.15) is 0 Å². The van der Waals surface area contributed by atoms with E-state index >= 15 is 0 Å². The molecule has 2 heterocycles. The molecule has 2 aromatic heterocycles. The standard InChI is InChI=1S/C12H15N3OS/c1-9(2)5-6-15-12(10(8-16)13-14-15)11-4-3-7-17-11/h3-4,7-9H,5-6H2,1-2H3. The smallest absolute Gasteiger partial charge is 0.172 e. The van der Waals surface area contributed by atoms with Crippen LogP contribution in [0.15, 0.2) is 17.5 Å². The van der Waals surface area contributed by atoms with Crippen molar-refractivity contribution in [3.8, 4) is 10.6 Å². The molecule has 0 bridgehead atoms. The maximum atomic E-state index is 11.0. The fraction of sp³-hybridized carbons (Fsp3) is 0.417. The third-order valence-electron chi connectivity index (χ3n) is 2.55. The molecule has 0 fully saturated rings. The molecule has 0 amide bonds. The number of aromatic nitrogens is 3. The minimum absolute atomic E-state index is 0.427. The Morgan fingerprint density at radius 3 is 2.94 bits per heavy atom. The largest absolute Gasteiger partial charge is 0.296 e. The maximum Gasteiger partial charge on any atom is 0.172 e. The zero-order valence-electron chi connectivity index (χ0n) is 9.96. The number of thiophene rings is 1. The van der Waals surface area contributed by atoms with Gasteiger partial charge in [0.1, 0.15) is 5.69 Å². The molecule has 0 unspecified atom stereocenters. The second kappa shape index (κ2) is 5.23. The molecule has 0 spiro atoms. The second-order valence-corrected chi connectivity index (χ2v) is 5.27. The maximum absolute atomic E-state index is 11.0. The van der Waals surface area contributed by atoms with E-state index in [0.29, 0.717) is 11.6 Å². The Bertz CT molecular complexity index is 488. The number of carbonyl (C=O) groups is 1. The number of carbonyl (C=O) groups excluding carboxylic acids is 1. The molecule has 0 aromatic carbocycles. The number of rotatable bonds is 5. The van der Waals surface area contributed by atoms with Crippen LogP contribution in [-0.4, -0.2) is 21.3 Å². The molecule has 17 heavy (non-hydrogen) atoms. The molecular weight excluding hydrogens is 234 g/mol. The van der Waals surface area contributed by atoms with Gasteiger partial charge >= 0.3 is 0 Å². The molecule has 0 aliphatic rings. The van der Waals surface area contributed by atoms with Gasteiger partial charge in [-0.3, -0.25) is 4.79 Å². The highest BCUT2D eigenvalue weighted by Crippen LogP contribution is 2.26. The van der Waals surface area contributed by atoms with Crippen molar-refractivity contribution in [3.63, 3.8) is 0 Å². The van der Waals surface area contributed by atoms with E-state index < -0.39 is 0 Å². The van der Waals surface area contributed by atoms with Gasteiger partial charge in [0.15, 0.2) is 12.0 Å². The van der Waals surface area contributed by atoms with Crippen molar-refractivity contribution in [1.29, 1.82) is 0 Å². The lowest BCUT2D eigenvalue weighted by Gasteiger charge is -2.07. The number of nitrogens with zero attached hydrogens (tertiary/aromatic N) is 3. The van der Waals surface area contributed by atoms with Crippen LogP contribution >= 0.6 is 11.3 Å². The van der Waals surface area contributed by atoms with Crippen molar-refractivity contribution in [2.45, 2.75) is 26.8 Å². The van der Waals surface area contributed by atoms with Crippen LogP contribution in [0.25, 0.3) is 10.6 Å². The highest BCUT2D eigenvalue weighted by molar-refractivity contribution is 7.13. The van der Waals surface area contributed by atoms with Gasteiger partial charge in [0.05, 0.1) is 4.88 Å².